The number of methoxy groups -OCH3 is 1. The number of amides is 1. The van der Waals surface area contributed by atoms with Crippen LogP contribution >= 0.6 is 0 Å². The van der Waals surface area contributed by atoms with E-state index in [9.17, 15) is 4.79 Å². The van der Waals surface area contributed by atoms with E-state index in [4.69, 9.17) is 19.8 Å². The third-order valence-corrected chi connectivity index (χ3v) is 5.75. The second-order valence-corrected chi connectivity index (χ2v) is 8.11. The molecule has 0 radical (unpaired) electrons. The number of rotatable bonds is 12. The van der Waals surface area contributed by atoms with Crippen LogP contribution in [0.5, 0.6) is 11.5 Å². The maximum absolute atomic E-state index is 13.0. The molecule has 3 N–H and O–H groups in total. The van der Waals surface area contributed by atoms with Crippen LogP contribution in [0.1, 0.15) is 41.2 Å². The molecule has 4 rings (SSSR count). The molecular formula is C25H29N9O4. The van der Waals surface area contributed by atoms with Gasteiger partial charge < -0.3 is 15.2 Å². The molecule has 0 unspecified atom stereocenters. The number of hydrogen-bond donors (Lipinski definition) is 2. The van der Waals surface area contributed by atoms with Crippen molar-refractivity contribution in [3.63, 3.8) is 0 Å². The summed E-state index contributed by atoms with van der Waals surface area (Å²) in [5, 5.41) is 19.5. The fourth-order valence-electron chi connectivity index (χ4n) is 3.62. The Morgan fingerprint density at radius 3 is 2.63 bits per heavy atom. The minimum Gasteiger partial charge on any atom is -0.493 e. The summed E-state index contributed by atoms with van der Waals surface area (Å²) in [4.78, 5) is 15.1. The van der Waals surface area contributed by atoms with Crippen LogP contribution in [0.25, 0.3) is 5.82 Å². The minimum absolute atomic E-state index is 0.0332. The molecule has 0 saturated carbocycles. The first-order chi connectivity index (χ1) is 18.5. The molecule has 13 nitrogen and oxygen atoms in total. The molecule has 0 aliphatic heterocycles. The number of nitrogens with one attached hydrogen (secondary N) is 1. The van der Waals surface area contributed by atoms with E-state index in [1.54, 1.807) is 25.3 Å². The number of hydrogen-bond acceptors (Lipinski definition) is 11. The molecule has 38 heavy (non-hydrogen) atoms. The van der Waals surface area contributed by atoms with Gasteiger partial charge in [-0.15, -0.1) is 5.10 Å². The Labute approximate surface area is 219 Å². The number of benzene rings is 2. The van der Waals surface area contributed by atoms with Crippen molar-refractivity contribution in [2.24, 2.45) is 5.10 Å². The normalized spacial score (nSPS) is 11.3. The van der Waals surface area contributed by atoms with Gasteiger partial charge in [-0.1, -0.05) is 49.4 Å². The van der Waals surface area contributed by atoms with Gasteiger partial charge in [0.25, 0.3) is 5.91 Å². The lowest BCUT2D eigenvalue weighted by molar-refractivity contribution is 0.0948. The molecule has 4 aromatic rings. The van der Waals surface area contributed by atoms with E-state index in [-0.39, 0.29) is 17.3 Å². The molecule has 1 amide bonds. The van der Waals surface area contributed by atoms with Crippen LogP contribution in [-0.4, -0.2) is 62.5 Å². The van der Waals surface area contributed by atoms with Crippen LogP contribution < -0.4 is 20.6 Å². The highest BCUT2D eigenvalue weighted by molar-refractivity contribution is 5.94. The molecule has 0 atom stereocenters. The van der Waals surface area contributed by atoms with Crippen molar-refractivity contribution < 1.29 is 18.9 Å². The summed E-state index contributed by atoms with van der Waals surface area (Å²) < 4.78 is 17.4. The third kappa shape index (κ3) is 6.13. The second-order valence-electron chi connectivity index (χ2n) is 8.11. The summed E-state index contributed by atoms with van der Waals surface area (Å²) in [6.45, 7) is 6.31. The molecule has 13 heteroatoms. The lowest BCUT2D eigenvalue weighted by Crippen LogP contribution is -2.27. The smallest absolute Gasteiger partial charge is 0.293 e. The molecule has 0 fully saturated rings. The molecular weight excluding hydrogens is 490 g/mol. The highest BCUT2D eigenvalue weighted by Gasteiger charge is 2.25. The monoisotopic (exact) mass is 519 g/mol. The lowest BCUT2D eigenvalue weighted by atomic mass is 10.2. The van der Waals surface area contributed by atoms with Crippen molar-refractivity contribution in [2.75, 3.05) is 25.9 Å². The van der Waals surface area contributed by atoms with Gasteiger partial charge in [-0.3, -0.25) is 9.69 Å². The van der Waals surface area contributed by atoms with Gasteiger partial charge in [0.1, 0.15) is 6.61 Å². The molecule has 2 heterocycles. The highest BCUT2D eigenvalue weighted by atomic mass is 16.6. The Morgan fingerprint density at radius 2 is 1.95 bits per heavy atom. The number of nitrogens with zero attached hydrogens (tertiary/aromatic N) is 7. The average Bonchev–Trinajstić information content (AvgIpc) is 3.56. The third-order valence-electron chi connectivity index (χ3n) is 5.75. The first-order valence-electron chi connectivity index (χ1n) is 12.0. The predicted octanol–water partition coefficient (Wildman–Crippen LogP) is 2.43. The number of nitrogen functional groups attached to an aromatic ring is 1. The van der Waals surface area contributed by atoms with Crippen molar-refractivity contribution in [2.45, 2.75) is 27.0 Å². The quantitative estimate of drug-likeness (QED) is 0.210. The number of carbonyl (C=O) groups is 1. The van der Waals surface area contributed by atoms with E-state index >= 15 is 0 Å². The number of nitrogens with two attached hydrogens (primary N) is 1. The van der Waals surface area contributed by atoms with Crippen molar-refractivity contribution in [1.29, 1.82) is 0 Å². The number of aromatic nitrogens is 5. The summed E-state index contributed by atoms with van der Waals surface area (Å²) in [6, 6.07) is 15.2. The molecule has 0 bridgehead atoms. The van der Waals surface area contributed by atoms with Crippen molar-refractivity contribution in [3.05, 3.63) is 71.0 Å². The first-order valence-corrected chi connectivity index (χ1v) is 12.0. The highest BCUT2D eigenvalue weighted by Crippen LogP contribution is 2.28. The Bertz CT molecular complexity index is 1380. The number of carbonyl (C=O) groups excluding carboxylic acids is 1. The molecule has 0 saturated heterocycles. The number of anilines is 1. The lowest BCUT2D eigenvalue weighted by Gasteiger charge is -2.18. The van der Waals surface area contributed by atoms with Crippen LogP contribution in [0.2, 0.25) is 0 Å². The Kier molecular flexibility index (Phi) is 8.61. The summed E-state index contributed by atoms with van der Waals surface area (Å²) in [7, 11) is 1.56. The van der Waals surface area contributed by atoms with Crippen LogP contribution in [0.4, 0.5) is 5.82 Å². The topological polar surface area (TPSA) is 159 Å². The number of hydrazone groups is 1. The molecule has 0 aliphatic rings. The summed E-state index contributed by atoms with van der Waals surface area (Å²) in [5.41, 5.74) is 10.6. The van der Waals surface area contributed by atoms with Gasteiger partial charge >= 0.3 is 0 Å². The van der Waals surface area contributed by atoms with E-state index < -0.39 is 5.91 Å². The van der Waals surface area contributed by atoms with Crippen molar-refractivity contribution in [3.8, 4) is 17.3 Å². The van der Waals surface area contributed by atoms with Crippen molar-refractivity contribution >= 4 is 17.9 Å². The zero-order valence-corrected chi connectivity index (χ0v) is 21.4. The maximum atomic E-state index is 13.0. The van der Waals surface area contributed by atoms with Crippen LogP contribution in [0.3, 0.4) is 0 Å². The van der Waals surface area contributed by atoms with E-state index in [1.807, 2.05) is 44.2 Å². The van der Waals surface area contributed by atoms with Gasteiger partial charge in [0.15, 0.2) is 17.2 Å². The minimum atomic E-state index is -0.542. The van der Waals surface area contributed by atoms with Gasteiger partial charge in [-0.05, 0) is 52.7 Å². The van der Waals surface area contributed by atoms with E-state index in [1.165, 1.54) is 10.9 Å². The predicted molar refractivity (Wildman–Crippen MR) is 139 cm³/mol. The molecule has 0 aliphatic carbocycles. The summed E-state index contributed by atoms with van der Waals surface area (Å²) in [5.74, 6) is 0.783. The maximum Gasteiger partial charge on any atom is 0.293 e. The largest absolute Gasteiger partial charge is 0.493 e. The van der Waals surface area contributed by atoms with Gasteiger partial charge in [0, 0.05) is 6.54 Å². The van der Waals surface area contributed by atoms with Gasteiger partial charge in [0.05, 0.1) is 19.0 Å². The van der Waals surface area contributed by atoms with Crippen LogP contribution in [-0.2, 0) is 13.2 Å². The van der Waals surface area contributed by atoms with Crippen LogP contribution in [0.15, 0.2) is 58.3 Å². The zero-order chi connectivity index (χ0) is 26.9. The Morgan fingerprint density at radius 1 is 1.16 bits per heavy atom. The Hall–Kier alpha value is -4.78. The van der Waals surface area contributed by atoms with Crippen LogP contribution in [0, 0.1) is 0 Å². The first kappa shape index (κ1) is 26.3. The van der Waals surface area contributed by atoms with E-state index in [0.29, 0.717) is 35.9 Å². The SMILES string of the molecule is CCN(CC)Cc1c(C(=O)N/N=C\c2ccc(OCc3ccccc3)c(OC)c2)nnn1-c1nonc1N. The average molecular weight is 520 g/mol. The summed E-state index contributed by atoms with van der Waals surface area (Å²) in [6.07, 6.45) is 1.50. The van der Waals surface area contributed by atoms with Gasteiger partial charge in [-0.25, -0.2) is 10.1 Å². The molecule has 198 valence electrons. The standard InChI is InChI=1S/C25H29N9O4/c1-4-33(5-2)15-19-22(28-32-34(19)24-23(26)30-38-31-24)25(35)29-27-14-18-11-12-20(21(13-18)36-3)37-16-17-9-7-6-8-10-17/h6-14H,4-5,15-16H2,1-3H3,(H2,26,30)(H,29,35)/b27-14-. The fraction of sp³-hybridized carbons (Fsp3) is 0.280. The van der Waals surface area contributed by atoms with Crippen molar-refractivity contribution in [1.82, 2.24) is 35.6 Å². The molecule has 2 aromatic carbocycles. The Balaban J connectivity index is 1.47. The molecule has 0 spiro atoms. The second kappa shape index (κ2) is 12.5. The summed E-state index contributed by atoms with van der Waals surface area (Å²) >= 11 is 0. The van der Waals surface area contributed by atoms with E-state index in [2.05, 4.69) is 36.1 Å². The molecule has 2 aromatic heterocycles. The van der Waals surface area contributed by atoms with Gasteiger partial charge in [0.2, 0.25) is 11.6 Å². The van der Waals surface area contributed by atoms with E-state index in [0.717, 1.165) is 18.7 Å². The number of ether oxygens (including phenoxy) is 2. The zero-order valence-electron chi connectivity index (χ0n) is 21.4. The van der Waals surface area contributed by atoms with Gasteiger partial charge in [-0.2, -0.15) is 9.78 Å². The fourth-order valence-corrected chi connectivity index (χ4v) is 3.62.